The fourth-order valence-electron chi connectivity index (χ4n) is 2.37. The van der Waals surface area contributed by atoms with Crippen LogP contribution in [-0.2, 0) is 13.1 Å². The summed E-state index contributed by atoms with van der Waals surface area (Å²) in [5.41, 5.74) is 12.0. The summed E-state index contributed by atoms with van der Waals surface area (Å²) < 4.78 is 0. The summed E-state index contributed by atoms with van der Waals surface area (Å²) in [5, 5.41) is 0. The molecule has 2 N–H and O–H groups in total. The molecule has 2 aromatic rings. The molecule has 2 heteroatoms. The van der Waals surface area contributed by atoms with Gasteiger partial charge in [-0.2, -0.15) is 0 Å². The minimum Gasteiger partial charge on any atom is -0.370 e. The molecule has 2 rings (SSSR count). The number of aryl methyl sites for hydroxylation is 2. The highest BCUT2D eigenvalue weighted by atomic mass is 15.1. The van der Waals surface area contributed by atoms with Gasteiger partial charge in [-0.1, -0.05) is 42.0 Å². The number of anilines is 1. The van der Waals surface area contributed by atoms with Crippen LogP contribution in [0.5, 0.6) is 0 Å². The largest absolute Gasteiger partial charge is 0.370 e. The minimum absolute atomic E-state index is 0.604. The Hall–Kier alpha value is -1.80. The predicted molar refractivity (Wildman–Crippen MR) is 82.4 cm³/mol. The van der Waals surface area contributed by atoms with E-state index in [-0.39, 0.29) is 0 Å². The first-order valence-corrected chi connectivity index (χ1v) is 6.66. The highest BCUT2D eigenvalue weighted by Crippen LogP contribution is 2.21. The first-order valence-electron chi connectivity index (χ1n) is 6.66. The van der Waals surface area contributed by atoms with Crippen LogP contribution >= 0.6 is 0 Å². The first-order chi connectivity index (χ1) is 9.10. The highest BCUT2D eigenvalue weighted by molar-refractivity contribution is 5.54. The molecule has 0 saturated heterocycles. The molecule has 19 heavy (non-hydrogen) atoms. The lowest BCUT2D eigenvalue weighted by molar-refractivity contribution is 0.914. The Morgan fingerprint density at radius 1 is 0.947 bits per heavy atom. The Balaban J connectivity index is 2.13. The van der Waals surface area contributed by atoms with E-state index in [0.29, 0.717) is 6.54 Å². The third-order valence-electron chi connectivity index (χ3n) is 3.44. The standard InChI is InChI=1S/C17H22N2/c1-13-4-9-17(14(2)10-13)19(3)12-16-7-5-15(11-18)6-8-16/h4-10H,11-12,18H2,1-3H3. The first kappa shape index (κ1) is 13.6. The van der Waals surface area contributed by atoms with Gasteiger partial charge in [-0.3, -0.25) is 0 Å². The van der Waals surface area contributed by atoms with Crippen molar-refractivity contribution in [1.29, 1.82) is 0 Å². The molecule has 2 nitrogen and oxygen atoms in total. The van der Waals surface area contributed by atoms with Crippen molar-refractivity contribution in [2.45, 2.75) is 26.9 Å². The second kappa shape index (κ2) is 5.89. The molecule has 0 bridgehead atoms. The van der Waals surface area contributed by atoms with E-state index < -0.39 is 0 Å². The van der Waals surface area contributed by atoms with Crippen molar-refractivity contribution in [3.8, 4) is 0 Å². The lowest BCUT2D eigenvalue weighted by atomic mass is 10.1. The molecule has 0 aliphatic heterocycles. The van der Waals surface area contributed by atoms with Gasteiger partial charge >= 0.3 is 0 Å². The number of hydrogen-bond donors (Lipinski definition) is 1. The molecule has 100 valence electrons. The van der Waals surface area contributed by atoms with E-state index in [1.807, 2.05) is 0 Å². The van der Waals surface area contributed by atoms with Gasteiger partial charge in [0.25, 0.3) is 0 Å². The molecule has 0 saturated carbocycles. The van der Waals surface area contributed by atoms with Gasteiger partial charge < -0.3 is 10.6 Å². The van der Waals surface area contributed by atoms with E-state index >= 15 is 0 Å². The Morgan fingerprint density at radius 2 is 1.58 bits per heavy atom. The van der Waals surface area contributed by atoms with Gasteiger partial charge in [0.1, 0.15) is 0 Å². The summed E-state index contributed by atoms with van der Waals surface area (Å²) in [6.07, 6.45) is 0. The molecule has 0 fully saturated rings. The van der Waals surface area contributed by atoms with Crippen molar-refractivity contribution >= 4 is 5.69 Å². The highest BCUT2D eigenvalue weighted by Gasteiger charge is 2.05. The molecule has 0 heterocycles. The van der Waals surface area contributed by atoms with Crippen LogP contribution in [0.4, 0.5) is 5.69 Å². The fraction of sp³-hybridized carbons (Fsp3) is 0.294. The van der Waals surface area contributed by atoms with Crippen molar-refractivity contribution < 1.29 is 0 Å². The Kier molecular flexibility index (Phi) is 4.23. The average molecular weight is 254 g/mol. The number of benzene rings is 2. The van der Waals surface area contributed by atoms with Crippen LogP contribution in [-0.4, -0.2) is 7.05 Å². The van der Waals surface area contributed by atoms with E-state index in [0.717, 1.165) is 6.54 Å². The molecular formula is C17H22N2. The topological polar surface area (TPSA) is 29.3 Å². The summed E-state index contributed by atoms with van der Waals surface area (Å²) in [5.74, 6) is 0. The van der Waals surface area contributed by atoms with Crippen LogP contribution in [0.2, 0.25) is 0 Å². The summed E-state index contributed by atoms with van der Waals surface area (Å²) in [4.78, 5) is 2.28. The SMILES string of the molecule is Cc1ccc(N(C)Cc2ccc(CN)cc2)c(C)c1. The molecule has 0 radical (unpaired) electrons. The van der Waals surface area contributed by atoms with E-state index in [1.165, 1.54) is 27.9 Å². The monoisotopic (exact) mass is 254 g/mol. The average Bonchev–Trinajstić information content (AvgIpc) is 2.39. The molecule has 0 aliphatic carbocycles. The molecule has 0 spiro atoms. The van der Waals surface area contributed by atoms with Gasteiger partial charge in [0.2, 0.25) is 0 Å². The van der Waals surface area contributed by atoms with Crippen molar-refractivity contribution in [2.24, 2.45) is 5.73 Å². The molecule has 2 aromatic carbocycles. The quantitative estimate of drug-likeness (QED) is 0.906. The Bertz CT molecular complexity index is 544. The zero-order chi connectivity index (χ0) is 13.8. The van der Waals surface area contributed by atoms with Crippen LogP contribution in [0.1, 0.15) is 22.3 Å². The molecular weight excluding hydrogens is 232 g/mol. The number of hydrogen-bond acceptors (Lipinski definition) is 2. The van der Waals surface area contributed by atoms with Gasteiger partial charge in [-0.25, -0.2) is 0 Å². The van der Waals surface area contributed by atoms with Crippen molar-refractivity contribution in [1.82, 2.24) is 0 Å². The molecule has 0 amide bonds. The van der Waals surface area contributed by atoms with Crippen LogP contribution in [0.25, 0.3) is 0 Å². The fourth-order valence-corrected chi connectivity index (χ4v) is 2.37. The maximum Gasteiger partial charge on any atom is 0.0426 e. The number of nitrogens with zero attached hydrogens (tertiary/aromatic N) is 1. The van der Waals surface area contributed by atoms with Gasteiger partial charge in [-0.15, -0.1) is 0 Å². The van der Waals surface area contributed by atoms with E-state index in [2.05, 4.69) is 68.3 Å². The Morgan fingerprint density at radius 3 is 2.16 bits per heavy atom. The molecule has 0 aromatic heterocycles. The van der Waals surface area contributed by atoms with Crippen molar-refractivity contribution in [3.05, 3.63) is 64.7 Å². The Labute approximate surface area is 115 Å². The second-order valence-electron chi connectivity index (χ2n) is 5.17. The third kappa shape index (κ3) is 3.36. The van der Waals surface area contributed by atoms with Crippen LogP contribution in [0.15, 0.2) is 42.5 Å². The summed E-state index contributed by atoms with van der Waals surface area (Å²) in [6, 6.07) is 15.1. The normalized spacial score (nSPS) is 10.5. The molecule has 0 unspecified atom stereocenters. The van der Waals surface area contributed by atoms with Crippen molar-refractivity contribution in [2.75, 3.05) is 11.9 Å². The number of rotatable bonds is 4. The number of nitrogens with two attached hydrogens (primary N) is 1. The van der Waals surface area contributed by atoms with E-state index in [9.17, 15) is 0 Å². The smallest absolute Gasteiger partial charge is 0.0426 e. The zero-order valence-electron chi connectivity index (χ0n) is 12.0. The third-order valence-corrected chi connectivity index (χ3v) is 3.44. The minimum atomic E-state index is 0.604. The van der Waals surface area contributed by atoms with Crippen molar-refractivity contribution in [3.63, 3.8) is 0 Å². The summed E-state index contributed by atoms with van der Waals surface area (Å²) >= 11 is 0. The second-order valence-corrected chi connectivity index (χ2v) is 5.17. The zero-order valence-corrected chi connectivity index (χ0v) is 12.0. The predicted octanol–water partition coefficient (Wildman–Crippen LogP) is 3.40. The molecule has 0 atom stereocenters. The van der Waals surface area contributed by atoms with Gasteiger partial charge in [0, 0.05) is 25.8 Å². The maximum atomic E-state index is 5.62. The lowest BCUT2D eigenvalue weighted by Crippen LogP contribution is -2.17. The van der Waals surface area contributed by atoms with Gasteiger partial charge in [0.05, 0.1) is 0 Å². The molecule has 0 aliphatic rings. The van der Waals surface area contributed by atoms with E-state index in [1.54, 1.807) is 0 Å². The van der Waals surface area contributed by atoms with Crippen LogP contribution in [0, 0.1) is 13.8 Å². The maximum absolute atomic E-state index is 5.62. The summed E-state index contributed by atoms with van der Waals surface area (Å²) in [7, 11) is 2.13. The van der Waals surface area contributed by atoms with E-state index in [4.69, 9.17) is 5.73 Å². The van der Waals surface area contributed by atoms with Crippen LogP contribution in [0.3, 0.4) is 0 Å². The summed E-state index contributed by atoms with van der Waals surface area (Å²) in [6.45, 7) is 5.81. The van der Waals surface area contributed by atoms with Crippen LogP contribution < -0.4 is 10.6 Å². The lowest BCUT2D eigenvalue weighted by Gasteiger charge is -2.22. The van der Waals surface area contributed by atoms with Gasteiger partial charge in [0.15, 0.2) is 0 Å². The van der Waals surface area contributed by atoms with Gasteiger partial charge in [-0.05, 0) is 36.6 Å².